The van der Waals surface area contributed by atoms with Crippen LogP contribution in [0, 0.1) is 0 Å². The SMILES string of the molecule is O=S(=O)(O)c1cc(Cl)c(Cl)cc1N=Nc1c(O)ccc2ccccc12.[Na]. The van der Waals surface area contributed by atoms with Crippen molar-refractivity contribution >= 4 is 85.0 Å². The van der Waals surface area contributed by atoms with E-state index in [9.17, 15) is 18.1 Å². The molecular weight excluding hydrogens is 410 g/mol. The van der Waals surface area contributed by atoms with Crippen molar-refractivity contribution in [3.63, 3.8) is 0 Å². The van der Waals surface area contributed by atoms with Crippen molar-refractivity contribution in [3.05, 3.63) is 58.6 Å². The van der Waals surface area contributed by atoms with E-state index in [1.165, 1.54) is 12.1 Å². The van der Waals surface area contributed by atoms with Crippen LogP contribution in [0.5, 0.6) is 5.75 Å². The van der Waals surface area contributed by atoms with E-state index in [0.29, 0.717) is 5.39 Å². The molecule has 0 aliphatic rings. The molecule has 0 saturated carbocycles. The van der Waals surface area contributed by atoms with Crippen LogP contribution in [-0.4, -0.2) is 47.6 Å². The fraction of sp³-hybridized carbons (Fsp3) is 0. The van der Waals surface area contributed by atoms with Crippen molar-refractivity contribution in [2.45, 2.75) is 4.90 Å². The van der Waals surface area contributed by atoms with Gasteiger partial charge in [-0.25, -0.2) is 0 Å². The van der Waals surface area contributed by atoms with Gasteiger partial charge in [0.2, 0.25) is 0 Å². The zero-order valence-corrected chi connectivity index (χ0v) is 17.7. The number of rotatable bonds is 3. The minimum Gasteiger partial charge on any atom is -0.506 e. The van der Waals surface area contributed by atoms with Crippen molar-refractivity contribution < 1.29 is 18.1 Å². The molecule has 0 amide bonds. The van der Waals surface area contributed by atoms with Gasteiger partial charge in [0.15, 0.2) is 0 Å². The predicted molar refractivity (Wildman–Crippen MR) is 102 cm³/mol. The average Bonchev–Trinajstić information content (AvgIpc) is 2.55. The van der Waals surface area contributed by atoms with Crippen LogP contribution in [0.3, 0.4) is 0 Å². The van der Waals surface area contributed by atoms with E-state index in [2.05, 4.69) is 10.2 Å². The van der Waals surface area contributed by atoms with Crippen molar-refractivity contribution in [1.82, 2.24) is 0 Å². The third-order valence-electron chi connectivity index (χ3n) is 3.42. The smallest absolute Gasteiger partial charge is 0.296 e. The molecule has 0 fully saturated rings. The van der Waals surface area contributed by atoms with Gasteiger partial charge in [0.05, 0.1) is 10.0 Å². The molecule has 2 N–H and O–H groups in total. The quantitative estimate of drug-likeness (QED) is 0.349. The molecule has 10 heteroatoms. The zero-order chi connectivity index (χ0) is 18.2. The van der Waals surface area contributed by atoms with E-state index in [1.807, 2.05) is 12.1 Å². The molecule has 0 saturated heterocycles. The summed E-state index contributed by atoms with van der Waals surface area (Å²) in [5.74, 6) is -0.129. The summed E-state index contributed by atoms with van der Waals surface area (Å²) in [6, 6.07) is 12.5. The van der Waals surface area contributed by atoms with Crippen molar-refractivity contribution in [2.24, 2.45) is 10.2 Å². The number of phenolic OH excluding ortho intramolecular Hbond substituents is 1. The Hall–Kier alpha value is -1.19. The molecule has 0 unspecified atom stereocenters. The molecule has 3 aromatic rings. The van der Waals surface area contributed by atoms with Gasteiger partial charge in [-0.1, -0.05) is 53.5 Å². The minimum absolute atomic E-state index is 0. The number of benzene rings is 3. The zero-order valence-electron chi connectivity index (χ0n) is 13.4. The maximum atomic E-state index is 11.5. The van der Waals surface area contributed by atoms with Gasteiger partial charge >= 0.3 is 0 Å². The molecule has 0 aliphatic carbocycles. The van der Waals surface area contributed by atoms with Crippen molar-refractivity contribution in [3.8, 4) is 5.75 Å². The number of hydrogen-bond donors (Lipinski definition) is 2. The summed E-state index contributed by atoms with van der Waals surface area (Å²) in [6.45, 7) is 0. The van der Waals surface area contributed by atoms with E-state index < -0.39 is 15.0 Å². The summed E-state index contributed by atoms with van der Waals surface area (Å²) in [6.07, 6.45) is 0. The predicted octanol–water partition coefficient (Wildman–Crippen LogP) is 5.13. The number of nitrogens with zero attached hydrogens (tertiary/aromatic N) is 2. The van der Waals surface area contributed by atoms with Crippen molar-refractivity contribution in [1.29, 1.82) is 0 Å². The Kier molecular flexibility index (Phi) is 6.68. The first kappa shape index (κ1) is 21.1. The molecule has 0 aromatic heterocycles. The molecule has 0 atom stereocenters. The molecule has 0 bridgehead atoms. The molecule has 3 rings (SSSR count). The second-order valence-electron chi connectivity index (χ2n) is 5.06. The van der Waals surface area contributed by atoms with Crippen LogP contribution in [0.25, 0.3) is 10.8 Å². The minimum atomic E-state index is -4.59. The van der Waals surface area contributed by atoms with Crippen LogP contribution in [-0.2, 0) is 10.1 Å². The van der Waals surface area contributed by atoms with E-state index >= 15 is 0 Å². The number of hydrogen-bond acceptors (Lipinski definition) is 5. The summed E-state index contributed by atoms with van der Waals surface area (Å²) in [4.78, 5) is -0.537. The Morgan fingerprint density at radius 1 is 0.923 bits per heavy atom. The van der Waals surface area contributed by atoms with Crippen LogP contribution >= 0.6 is 23.2 Å². The third kappa shape index (κ3) is 4.37. The van der Waals surface area contributed by atoms with Crippen LogP contribution in [0.15, 0.2) is 63.7 Å². The van der Waals surface area contributed by atoms with Gasteiger partial charge in [-0.15, -0.1) is 10.2 Å². The molecule has 26 heavy (non-hydrogen) atoms. The van der Waals surface area contributed by atoms with Gasteiger partial charge in [0.25, 0.3) is 10.1 Å². The standard InChI is InChI=1S/C16H10Cl2N2O4S.Na/c17-11-7-13(15(8-12(11)18)25(22,23)24)19-20-16-10-4-2-1-3-9(10)5-6-14(16)21;/h1-8,21H,(H,22,23,24);. The number of azo groups is 1. The Labute approximate surface area is 181 Å². The van der Waals surface area contributed by atoms with Crippen LogP contribution < -0.4 is 0 Å². The largest absolute Gasteiger partial charge is 0.506 e. The van der Waals surface area contributed by atoms with Crippen LogP contribution in [0.2, 0.25) is 10.0 Å². The first-order valence-corrected chi connectivity index (χ1v) is 9.06. The van der Waals surface area contributed by atoms with Gasteiger partial charge in [0.1, 0.15) is 22.0 Å². The fourth-order valence-electron chi connectivity index (χ4n) is 2.26. The van der Waals surface area contributed by atoms with Crippen LogP contribution in [0.4, 0.5) is 11.4 Å². The number of phenols is 1. The van der Waals surface area contributed by atoms with Gasteiger partial charge in [-0.2, -0.15) is 8.42 Å². The molecule has 1 radical (unpaired) electrons. The second kappa shape index (κ2) is 8.22. The van der Waals surface area contributed by atoms with Gasteiger partial charge < -0.3 is 5.11 Å². The Balaban J connectivity index is 0.00000243. The maximum Gasteiger partial charge on any atom is 0.296 e. The molecular formula is C16H10Cl2N2NaO4S. The molecule has 0 heterocycles. The normalized spacial score (nSPS) is 11.7. The van der Waals surface area contributed by atoms with E-state index in [1.54, 1.807) is 18.2 Å². The fourth-order valence-corrected chi connectivity index (χ4v) is 3.27. The Morgan fingerprint density at radius 3 is 2.27 bits per heavy atom. The monoisotopic (exact) mass is 419 g/mol. The van der Waals surface area contributed by atoms with Crippen molar-refractivity contribution in [2.75, 3.05) is 0 Å². The first-order valence-electron chi connectivity index (χ1n) is 6.86. The summed E-state index contributed by atoms with van der Waals surface area (Å²) < 4.78 is 32.3. The summed E-state index contributed by atoms with van der Waals surface area (Å²) in [5, 5.41) is 19.3. The van der Waals surface area contributed by atoms with Gasteiger partial charge in [-0.3, -0.25) is 4.55 Å². The number of aromatic hydroxyl groups is 1. The number of fused-ring (bicyclic) bond motifs is 1. The number of halogens is 2. The second-order valence-corrected chi connectivity index (χ2v) is 7.27. The molecule has 3 aromatic carbocycles. The van der Waals surface area contributed by atoms with E-state index in [4.69, 9.17) is 23.2 Å². The third-order valence-corrected chi connectivity index (χ3v) is 5.02. The Bertz CT molecular complexity index is 1120. The Morgan fingerprint density at radius 2 is 1.58 bits per heavy atom. The first-order chi connectivity index (χ1) is 11.8. The van der Waals surface area contributed by atoms with E-state index in [-0.39, 0.29) is 56.7 Å². The van der Waals surface area contributed by atoms with Crippen LogP contribution in [0.1, 0.15) is 0 Å². The summed E-state index contributed by atoms with van der Waals surface area (Å²) >= 11 is 11.7. The van der Waals surface area contributed by atoms with Gasteiger partial charge in [0, 0.05) is 34.9 Å². The summed E-state index contributed by atoms with van der Waals surface area (Å²) in [5.41, 5.74) is -0.0466. The summed E-state index contributed by atoms with van der Waals surface area (Å²) in [7, 11) is -4.59. The molecule has 129 valence electrons. The molecule has 6 nitrogen and oxygen atoms in total. The molecule has 0 aliphatic heterocycles. The maximum absolute atomic E-state index is 11.5. The van der Waals surface area contributed by atoms with Gasteiger partial charge in [-0.05, 0) is 23.6 Å². The topological polar surface area (TPSA) is 99.3 Å². The van der Waals surface area contributed by atoms with E-state index in [0.717, 1.165) is 11.5 Å². The molecule has 0 spiro atoms. The average molecular weight is 420 g/mol.